The van der Waals surface area contributed by atoms with E-state index < -0.39 is 6.03 Å². The zero-order valence-corrected chi connectivity index (χ0v) is 20.7. The van der Waals surface area contributed by atoms with E-state index in [2.05, 4.69) is 15.6 Å². The molecule has 2 amide bonds. The van der Waals surface area contributed by atoms with Crippen molar-refractivity contribution in [1.82, 2.24) is 4.98 Å². The van der Waals surface area contributed by atoms with Crippen LogP contribution in [0.4, 0.5) is 16.2 Å². The van der Waals surface area contributed by atoms with Crippen molar-refractivity contribution in [2.24, 2.45) is 0 Å². The number of halogens is 2. The fourth-order valence-corrected chi connectivity index (χ4v) is 3.50. The van der Waals surface area contributed by atoms with Crippen LogP contribution in [0.15, 0.2) is 66.9 Å². The molecule has 1 aromatic heterocycles. The molecule has 1 heterocycles. The summed E-state index contributed by atoms with van der Waals surface area (Å²) in [4.78, 5) is 16.7. The topological polar surface area (TPSA) is 90.9 Å². The number of hydrogen-bond donors (Lipinski definition) is 2. The number of rotatable bonds is 7. The number of aromatic nitrogens is 1. The standard InChI is InChI=1S/C25H22ClN3O5.ClH/c1-31-16-6-4-15(5-7-16)28-25(30)29-20-9-8-17(12-19(20)26)34-22-10-11-27-21-14-24(33-3)23(32-2)13-18(21)22;/h4-14H,1-3H3,(H2,28,29,30);1H. The molecule has 0 saturated carbocycles. The molecule has 0 aliphatic rings. The van der Waals surface area contributed by atoms with E-state index in [4.69, 9.17) is 30.5 Å². The van der Waals surface area contributed by atoms with Gasteiger partial charge in [0, 0.05) is 29.4 Å². The summed E-state index contributed by atoms with van der Waals surface area (Å²) in [5.41, 5.74) is 1.74. The summed E-state index contributed by atoms with van der Waals surface area (Å²) in [5, 5.41) is 6.53. The molecule has 0 spiro atoms. The third-order valence-corrected chi connectivity index (χ3v) is 5.28. The number of anilines is 2. The highest BCUT2D eigenvalue weighted by atomic mass is 35.5. The van der Waals surface area contributed by atoms with Gasteiger partial charge < -0.3 is 29.6 Å². The number of carbonyl (C=O) groups excluding carboxylic acids is 1. The summed E-state index contributed by atoms with van der Waals surface area (Å²) >= 11 is 6.40. The molecule has 0 aliphatic carbocycles. The number of benzene rings is 3. The van der Waals surface area contributed by atoms with E-state index in [1.54, 1.807) is 88.2 Å². The van der Waals surface area contributed by atoms with Gasteiger partial charge in [0.25, 0.3) is 0 Å². The number of nitrogens with zero attached hydrogens (tertiary/aromatic N) is 1. The fourth-order valence-electron chi connectivity index (χ4n) is 3.28. The first-order chi connectivity index (χ1) is 16.5. The first kappa shape index (κ1) is 25.7. The molecule has 8 nitrogen and oxygen atoms in total. The average Bonchev–Trinajstić information content (AvgIpc) is 2.85. The van der Waals surface area contributed by atoms with Gasteiger partial charge in [0.2, 0.25) is 0 Å². The van der Waals surface area contributed by atoms with Gasteiger partial charge in [-0.15, -0.1) is 12.4 Å². The number of pyridine rings is 1. The number of urea groups is 1. The molecule has 182 valence electrons. The minimum Gasteiger partial charge on any atom is -0.497 e. The molecule has 0 radical (unpaired) electrons. The molecule has 4 rings (SSSR count). The van der Waals surface area contributed by atoms with Crippen molar-refractivity contribution in [3.63, 3.8) is 0 Å². The zero-order chi connectivity index (χ0) is 24.1. The number of nitrogens with one attached hydrogen (secondary N) is 2. The third-order valence-electron chi connectivity index (χ3n) is 4.97. The lowest BCUT2D eigenvalue weighted by Crippen LogP contribution is -2.19. The number of fused-ring (bicyclic) bond motifs is 1. The second kappa shape index (κ2) is 11.5. The van der Waals surface area contributed by atoms with Gasteiger partial charge >= 0.3 is 6.03 Å². The maximum Gasteiger partial charge on any atom is 0.323 e. The lowest BCUT2D eigenvalue weighted by atomic mass is 10.2. The van der Waals surface area contributed by atoms with Crippen molar-refractivity contribution in [3.05, 3.63) is 71.9 Å². The molecule has 0 atom stereocenters. The van der Waals surface area contributed by atoms with Gasteiger partial charge in [0.05, 0.1) is 37.6 Å². The van der Waals surface area contributed by atoms with Crippen LogP contribution in [-0.4, -0.2) is 32.3 Å². The van der Waals surface area contributed by atoms with E-state index in [9.17, 15) is 4.79 Å². The highest BCUT2D eigenvalue weighted by Gasteiger charge is 2.13. The molecule has 2 N–H and O–H groups in total. The highest BCUT2D eigenvalue weighted by Crippen LogP contribution is 2.37. The quantitative estimate of drug-likeness (QED) is 0.282. The molecular formula is C25H23Cl2N3O5. The molecule has 0 aliphatic heterocycles. The smallest absolute Gasteiger partial charge is 0.323 e. The van der Waals surface area contributed by atoms with Crippen molar-refractivity contribution < 1.29 is 23.7 Å². The van der Waals surface area contributed by atoms with Crippen LogP contribution in [0.5, 0.6) is 28.7 Å². The Morgan fingerprint density at radius 2 is 1.49 bits per heavy atom. The zero-order valence-electron chi connectivity index (χ0n) is 19.1. The van der Waals surface area contributed by atoms with Crippen molar-refractivity contribution in [2.75, 3.05) is 32.0 Å². The van der Waals surface area contributed by atoms with Crippen LogP contribution >= 0.6 is 24.0 Å². The summed E-state index contributed by atoms with van der Waals surface area (Å²) in [5.74, 6) is 2.90. The summed E-state index contributed by atoms with van der Waals surface area (Å²) in [6, 6.07) is 16.9. The van der Waals surface area contributed by atoms with Crippen molar-refractivity contribution >= 4 is 52.3 Å². The summed E-state index contributed by atoms with van der Waals surface area (Å²) in [6.45, 7) is 0. The van der Waals surface area contributed by atoms with Crippen LogP contribution in [0.25, 0.3) is 10.9 Å². The van der Waals surface area contributed by atoms with Crippen LogP contribution in [0.2, 0.25) is 5.02 Å². The van der Waals surface area contributed by atoms with Gasteiger partial charge in [-0.3, -0.25) is 4.98 Å². The Bertz CT molecular complexity index is 1330. The highest BCUT2D eigenvalue weighted by molar-refractivity contribution is 6.34. The van der Waals surface area contributed by atoms with Crippen molar-refractivity contribution in [2.45, 2.75) is 0 Å². The predicted molar refractivity (Wildman–Crippen MR) is 139 cm³/mol. The number of amides is 2. The molecule has 4 aromatic rings. The lowest BCUT2D eigenvalue weighted by Gasteiger charge is -2.13. The van der Waals surface area contributed by atoms with Crippen LogP contribution in [0.3, 0.4) is 0 Å². The van der Waals surface area contributed by atoms with Crippen molar-refractivity contribution in [1.29, 1.82) is 0 Å². The van der Waals surface area contributed by atoms with E-state index >= 15 is 0 Å². The summed E-state index contributed by atoms with van der Waals surface area (Å²) in [6.07, 6.45) is 1.64. The molecule has 10 heteroatoms. The molecule has 0 bridgehead atoms. The Hall–Kier alpha value is -3.88. The molecule has 0 unspecified atom stereocenters. The van der Waals surface area contributed by atoms with E-state index in [-0.39, 0.29) is 12.4 Å². The fraction of sp³-hybridized carbons (Fsp3) is 0.120. The van der Waals surface area contributed by atoms with Gasteiger partial charge in [0.15, 0.2) is 11.5 Å². The number of hydrogen-bond acceptors (Lipinski definition) is 6. The normalized spacial score (nSPS) is 10.2. The summed E-state index contributed by atoms with van der Waals surface area (Å²) in [7, 11) is 4.71. The molecule has 35 heavy (non-hydrogen) atoms. The minimum absolute atomic E-state index is 0. The molecule has 0 fully saturated rings. The van der Waals surface area contributed by atoms with Gasteiger partial charge in [-0.25, -0.2) is 4.79 Å². The summed E-state index contributed by atoms with van der Waals surface area (Å²) < 4.78 is 21.9. The maximum atomic E-state index is 12.4. The minimum atomic E-state index is -0.429. The Morgan fingerprint density at radius 3 is 2.14 bits per heavy atom. The van der Waals surface area contributed by atoms with E-state index in [0.717, 1.165) is 5.39 Å². The lowest BCUT2D eigenvalue weighted by molar-refractivity contribution is 0.262. The van der Waals surface area contributed by atoms with Crippen LogP contribution in [0.1, 0.15) is 0 Å². The second-order valence-corrected chi connectivity index (χ2v) is 7.49. The van der Waals surface area contributed by atoms with Crippen molar-refractivity contribution in [3.8, 4) is 28.7 Å². The molecule has 3 aromatic carbocycles. The van der Waals surface area contributed by atoms with Gasteiger partial charge in [-0.1, -0.05) is 11.6 Å². The van der Waals surface area contributed by atoms with E-state index in [0.29, 0.717) is 50.7 Å². The Morgan fingerprint density at radius 1 is 0.800 bits per heavy atom. The third kappa shape index (κ3) is 5.98. The Kier molecular flexibility index (Phi) is 8.46. The van der Waals surface area contributed by atoms with Gasteiger partial charge in [-0.05, 0) is 48.5 Å². The Balaban J connectivity index is 0.00000342. The first-order valence-corrected chi connectivity index (χ1v) is 10.6. The predicted octanol–water partition coefficient (Wildman–Crippen LogP) is 6.77. The monoisotopic (exact) mass is 515 g/mol. The van der Waals surface area contributed by atoms with Crippen LogP contribution in [-0.2, 0) is 0 Å². The number of methoxy groups -OCH3 is 3. The molecule has 0 saturated heterocycles. The van der Waals surface area contributed by atoms with Crippen LogP contribution in [0, 0.1) is 0 Å². The second-order valence-electron chi connectivity index (χ2n) is 7.08. The van der Waals surface area contributed by atoms with E-state index in [1.165, 1.54) is 0 Å². The van der Waals surface area contributed by atoms with Gasteiger partial charge in [-0.2, -0.15) is 0 Å². The van der Waals surface area contributed by atoms with Crippen LogP contribution < -0.4 is 29.6 Å². The first-order valence-electron chi connectivity index (χ1n) is 10.2. The van der Waals surface area contributed by atoms with E-state index in [1.807, 2.05) is 0 Å². The van der Waals surface area contributed by atoms with Gasteiger partial charge in [0.1, 0.15) is 17.2 Å². The largest absolute Gasteiger partial charge is 0.497 e. The Labute approximate surface area is 213 Å². The molecular weight excluding hydrogens is 493 g/mol. The average molecular weight is 516 g/mol. The SMILES string of the molecule is COc1ccc(NC(=O)Nc2ccc(Oc3ccnc4cc(OC)c(OC)cc34)cc2Cl)cc1.Cl. The number of carbonyl (C=O) groups is 1. The maximum absolute atomic E-state index is 12.4. The number of ether oxygens (including phenoxy) is 4.